The van der Waals surface area contributed by atoms with Crippen LogP contribution in [0.5, 0.6) is 0 Å². The predicted molar refractivity (Wildman–Crippen MR) is 77.9 cm³/mol. The Bertz CT molecular complexity index is 407. The maximum atomic E-state index is 5.85. The molecule has 1 fully saturated rings. The largest absolute Gasteiger partial charge is 0.330 e. The number of hydrogen-bond donors (Lipinski definition) is 1. The molecule has 102 valence electrons. The molecule has 0 radical (unpaired) electrons. The second-order valence-electron chi connectivity index (χ2n) is 6.85. The molecule has 1 aromatic rings. The molecule has 0 saturated carbocycles. The summed E-state index contributed by atoms with van der Waals surface area (Å²) in [6.45, 7) is 13.0. The summed E-state index contributed by atoms with van der Waals surface area (Å²) in [7, 11) is 0. The molecular formula is C14H25N3S. The third kappa shape index (κ3) is 3.11. The summed E-state index contributed by atoms with van der Waals surface area (Å²) >= 11 is 1.79. The summed E-state index contributed by atoms with van der Waals surface area (Å²) in [5, 5.41) is 3.44. The summed E-state index contributed by atoms with van der Waals surface area (Å²) in [5.74, 6) is 0. The van der Waals surface area contributed by atoms with Gasteiger partial charge in [-0.2, -0.15) is 0 Å². The molecule has 0 amide bonds. The summed E-state index contributed by atoms with van der Waals surface area (Å²) in [4.78, 5) is 7.25. The lowest BCUT2D eigenvalue weighted by Crippen LogP contribution is -2.31. The van der Waals surface area contributed by atoms with E-state index in [0.29, 0.717) is 5.41 Å². The minimum absolute atomic E-state index is 0.158. The predicted octanol–water partition coefficient (Wildman–Crippen LogP) is 2.61. The van der Waals surface area contributed by atoms with Gasteiger partial charge in [0.25, 0.3) is 0 Å². The van der Waals surface area contributed by atoms with Gasteiger partial charge in [0.15, 0.2) is 0 Å². The Labute approximate surface area is 114 Å². The van der Waals surface area contributed by atoms with E-state index in [4.69, 9.17) is 10.7 Å². The Morgan fingerprint density at radius 1 is 1.50 bits per heavy atom. The minimum atomic E-state index is 0.158. The monoisotopic (exact) mass is 267 g/mol. The molecule has 18 heavy (non-hydrogen) atoms. The van der Waals surface area contributed by atoms with Crippen LogP contribution in [0.25, 0.3) is 0 Å². The molecule has 3 nitrogen and oxygen atoms in total. The molecule has 0 aliphatic carbocycles. The van der Waals surface area contributed by atoms with Crippen LogP contribution in [0.4, 0.5) is 0 Å². The van der Waals surface area contributed by atoms with Crippen molar-refractivity contribution in [2.75, 3.05) is 19.6 Å². The number of rotatable bonds is 3. The Balaban J connectivity index is 1.97. The lowest BCUT2D eigenvalue weighted by atomic mass is 9.90. The van der Waals surface area contributed by atoms with Crippen molar-refractivity contribution >= 4 is 11.3 Å². The molecular weight excluding hydrogens is 242 g/mol. The van der Waals surface area contributed by atoms with Gasteiger partial charge in [-0.05, 0) is 24.9 Å². The molecule has 1 saturated heterocycles. The van der Waals surface area contributed by atoms with Crippen LogP contribution in [-0.4, -0.2) is 29.5 Å². The van der Waals surface area contributed by atoms with Gasteiger partial charge in [0, 0.05) is 17.3 Å². The zero-order chi connectivity index (χ0) is 13.4. The van der Waals surface area contributed by atoms with Crippen LogP contribution in [0, 0.1) is 5.41 Å². The highest BCUT2D eigenvalue weighted by molar-refractivity contribution is 7.09. The van der Waals surface area contributed by atoms with Crippen LogP contribution in [0.1, 0.15) is 44.8 Å². The molecule has 1 aliphatic heterocycles. The van der Waals surface area contributed by atoms with Crippen molar-refractivity contribution in [2.24, 2.45) is 11.1 Å². The second-order valence-corrected chi connectivity index (χ2v) is 7.79. The number of likely N-dealkylation sites (tertiary alicyclic amines) is 1. The van der Waals surface area contributed by atoms with Crippen molar-refractivity contribution in [3.63, 3.8) is 0 Å². The molecule has 1 unspecified atom stereocenters. The quantitative estimate of drug-likeness (QED) is 0.915. The van der Waals surface area contributed by atoms with Gasteiger partial charge >= 0.3 is 0 Å². The zero-order valence-electron chi connectivity index (χ0n) is 12.0. The molecule has 0 aromatic carbocycles. The van der Waals surface area contributed by atoms with E-state index in [1.807, 2.05) is 0 Å². The zero-order valence-corrected chi connectivity index (χ0v) is 12.8. The van der Waals surface area contributed by atoms with E-state index in [1.54, 1.807) is 11.3 Å². The first kappa shape index (κ1) is 14.0. The first-order valence-corrected chi connectivity index (χ1v) is 7.58. The number of aromatic nitrogens is 1. The number of nitrogens with two attached hydrogens (primary N) is 1. The third-order valence-electron chi connectivity index (χ3n) is 3.81. The van der Waals surface area contributed by atoms with Gasteiger partial charge in [0.05, 0.1) is 12.2 Å². The van der Waals surface area contributed by atoms with Crippen LogP contribution in [-0.2, 0) is 12.0 Å². The van der Waals surface area contributed by atoms with Gasteiger partial charge in [0.1, 0.15) is 5.01 Å². The van der Waals surface area contributed by atoms with Crippen LogP contribution in [0.2, 0.25) is 0 Å². The average Bonchev–Trinajstić information content (AvgIpc) is 2.86. The normalized spacial score (nSPS) is 25.8. The Kier molecular flexibility index (Phi) is 3.81. The summed E-state index contributed by atoms with van der Waals surface area (Å²) in [5.41, 5.74) is 7.52. The number of thiazole rings is 1. The van der Waals surface area contributed by atoms with Crippen molar-refractivity contribution in [3.8, 4) is 0 Å². The Morgan fingerprint density at radius 3 is 2.72 bits per heavy atom. The summed E-state index contributed by atoms with van der Waals surface area (Å²) in [6.07, 6.45) is 1.21. The van der Waals surface area contributed by atoms with Gasteiger partial charge in [-0.3, -0.25) is 4.90 Å². The molecule has 0 spiro atoms. The Hall–Kier alpha value is -0.450. The van der Waals surface area contributed by atoms with E-state index in [2.05, 4.69) is 38.0 Å². The topological polar surface area (TPSA) is 42.1 Å². The third-order valence-corrected chi connectivity index (χ3v) is 4.64. The van der Waals surface area contributed by atoms with Gasteiger partial charge < -0.3 is 5.73 Å². The summed E-state index contributed by atoms with van der Waals surface area (Å²) < 4.78 is 0. The molecule has 2 N–H and O–H groups in total. The molecule has 1 aromatic heterocycles. The van der Waals surface area contributed by atoms with Gasteiger partial charge in [0.2, 0.25) is 0 Å². The molecule has 2 heterocycles. The molecule has 2 rings (SSSR count). The summed E-state index contributed by atoms with van der Waals surface area (Å²) in [6, 6.07) is 0. The fourth-order valence-electron chi connectivity index (χ4n) is 2.35. The van der Waals surface area contributed by atoms with Crippen molar-refractivity contribution in [3.05, 3.63) is 16.1 Å². The minimum Gasteiger partial charge on any atom is -0.330 e. The van der Waals surface area contributed by atoms with Gasteiger partial charge in [-0.15, -0.1) is 11.3 Å². The first-order valence-electron chi connectivity index (χ1n) is 6.70. The van der Waals surface area contributed by atoms with Gasteiger partial charge in [-0.25, -0.2) is 4.98 Å². The second kappa shape index (κ2) is 4.91. The molecule has 1 atom stereocenters. The lowest BCUT2D eigenvalue weighted by molar-refractivity contribution is 0.274. The fourth-order valence-corrected chi connectivity index (χ4v) is 3.41. The SMILES string of the molecule is CC1(CN)CCN(Cc2nc(C(C)(C)C)cs2)C1. The van der Waals surface area contributed by atoms with Crippen LogP contribution in [0.3, 0.4) is 0 Å². The van der Waals surface area contributed by atoms with E-state index in [9.17, 15) is 0 Å². The number of nitrogens with zero attached hydrogens (tertiary/aromatic N) is 2. The number of hydrogen-bond acceptors (Lipinski definition) is 4. The fraction of sp³-hybridized carbons (Fsp3) is 0.786. The average molecular weight is 267 g/mol. The highest BCUT2D eigenvalue weighted by Crippen LogP contribution is 2.30. The highest BCUT2D eigenvalue weighted by Gasteiger charge is 2.32. The van der Waals surface area contributed by atoms with E-state index in [0.717, 1.165) is 26.2 Å². The lowest BCUT2D eigenvalue weighted by Gasteiger charge is -2.22. The Morgan fingerprint density at radius 2 is 2.22 bits per heavy atom. The van der Waals surface area contributed by atoms with E-state index in [1.165, 1.54) is 17.1 Å². The maximum absolute atomic E-state index is 5.85. The molecule has 4 heteroatoms. The van der Waals surface area contributed by atoms with Crippen molar-refractivity contribution in [1.82, 2.24) is 9.88 Å². The maximum Gasteiger partial charge on any atom is 0.107 e. The van der Waals surface area contributed by atoms with E-state index >= 15 is 0 Å². The van der Waals surface area contributed by atoms with E-state index in [-0.39, 0.29) is 5.41 Å². The smallest absolute Gasteiger partial charge is 0.107 e. The standard InChI is InChI=1S/C14H25N3S/c1-13(2,3)11-8-18-12(16-11)7-17-6-5-14(4,9-15)10-17/h8H,5-7,9-10,15H2,1-4H3. The van der Waals surface area contributed by atoms with Crippen LogP contribution >= 0.6 is 11.3 Å². The van der Waals surface area contributed by atoms with Crippen LogP contribution in [0.15, 0.2) is 5.38 Å². The first-order chi connectivity index (χ1) is 8.32. The molecule has 1 aliphatic rings. The van der Waals surface area contributed by atoms with Crippen molar-refractivity contribution in [1.29, 1.82) is 0 Å². The van der Waals surface area contributed by atoms with Crippen molar-refractivity contribution < 1.29 is 0 Å². The molecule has 0 bridgehead atoms. The van der Waals surface area contributed by atoms with Crippen LogP contribution < -0.4 is 5.73 Å². The van der Waals surface area contributed by atoms with Crippen molar-refractivity contribution in [2.45, 2.75) is 46.1 Å². The van der Waals surface area contributed by atoms with Gasteiger partial charge in [-0.1, -0.05) is 27.7 Å². The van der Waals surface area contributed by atoms with E-state index < -0.39 is 0 Å². The highest BCUT2D eigenvalue weighted by atomic mass is 32.1.